The fourth-order valence-electron chi connectivity index (χ4n) is 13.7. The molecule has 0 spiro atoms. The van der Waals surface area contributed by atoms with Crippen molar-refractivity contribution in [1.29, 1.82) is 0 Å². The summed E-state index contributed by atoms with van der Waals surface area (Å²) in [5, 5.41) is 7.08. The van der Waals surface area contributed by atoms with Crippen molar-refractivity contribution in [2.75, 3.05) is 53.0 Å². The van der Waals surface area contributed by atoms with Crippen LogP contribution in [0, 0.1) is 20.8 Å². The van der Waals surface area contributed by atoms with E-state index in [-0.39, 0.29) is 70.6 Å². The van der Waals surface area contributed by atoms with Gasteiger partial charge in [-0.3, -0.25) is 28.8 Å². The number of anilines is 3. The van der Waals surface area contributed by atoms with Gasteiger partial charge < -0.3 is 30.2 Å². The first kappa shape index (κ1) is 97.3. The zero-order valence-corrected chi connectivity index (χ0v) is 71.9. The summed E-state index contributed by atoms with van der Waals surface area (Å²) in [5.74, 6) is -0.727. The van der Waals surface area contributed by atoms with Gasteiger partial charge in [-0.1, -0.05) is 363 Å². The fourth-order valence-corrected chi connectivity index (χ4v) is 15.6. The van der Waals surface area contributed by atoms with E-state index in [1.165, 1.54) is 287 Å². The van der Waals surface area contributed by atoms with Gasteiger partial charge in [0.05, 0.1) is 56.1 Å². The van der Waals surface area contributed by atoms with E-state index in [0.29, 0.717) is 36.5 Å². The SMILES string of the molecule is CCCCCCCCCCCCCCCCCCOC(=O)CCSC(=O)Nc1cc(-n2c(=O)n(-c3ccc(C)c(NC(=O)SCCC(=O)OCCCCCCCCCCCCCCCCCC)c3)c(=O)n(-c3ccc(C)c(NC(=O)SCCC(=O)OCCCCCCCCCCCCCCCCCC)c3)c2=O)ccc1C. The molecular formula is C90H144N6O12S3. The molecule has 0 aliphatic carbocycles. The molecule has 624 valence electrons. The number of nitrogens with zero attached hydrogens (tertiary/aromatic N) is 3. The van der Waals surface area contributed by atoms with Gasteiger partial charge in [-0.15, -0.1) is 0 Å². The minimum absolute atomic E-state index is 0.00256. The normalized spacial score (nSPS) is 11.3. The third kappa shape index (κ3) is 44.4. The van der Waals surface area contributed by atoms with Crippen molar-refractivity contribution in [2.45, 2.75) is 369 Å². The van der Waals surface area contributed by atoms with Crippen molar-refractivity contribution in [3.63, 3.8) is 0 Å². The van der Waals surface area contributed by atoms with Crippen molar-refractivity contribution in [3.05, 3.63) is 103 Å². The lowest BCUT2D eigenvalue weighted by molar-refractivity contribution is -0.144. The molecular weight excluding hydrogens is 1450 g/mol. The second-order valence-electron chi connectivity index (χ2n) is 30.5. The number of rotatable bonds is 66. The summed E-state index contributed by atoms with van der Waals surface area (Å²) in [4.78, 5) is 124. The first-order valence-electron chi connectivity index (χ1n) is 43.7. The topological polar surface area (TPSA) is 232 Å². The molecule has 4 aromatic rings. The number of unbranched alkanes of at least 4 members (excludes halogenated alkanes) is 45. The minimum Gasteiger partial charge on any atom is -0.466 e. The Labute approximate surface area is 680 Å². The lowest BCUT2D eigenvalue weighted by atomic mass is 10.0. The molecule has 3 amide bonds. The Morgan fingerprint density at radius 2 is 0.459 bits per heavy atom. The number of esters is 3. The Kier molecular flexibility index (Phi) is 55.5. The number of benzene rings is 3. The van der Waals surface area contributed by atoms with Gasteiger partial charge in [-0.25, -0.2) is 28.1 Å². The van der Waals surface area contributed by atoms with Crippen molar-refractivity contribution in [2.24, 2.45) is 0 Å². The van der Waals surface area contributed by atoms with Crippen LogP contribution >= 0.6 is 35.3 Å². The molecule has 111 heavy (non-hydrogen) atoms. The lowest BCUT2D eigenvalue weighted by Gasteiger charge is -2.18. The van der Waals surface area contributed by atoms with Crippen LogP contribution in [0.3, 0.4) is 0 Å². The highest BCUT2D eigenvalue weighted by Gasteiger charge is 2.23. The maximum absolute atomic E-state index is 15.1. The van der Waals surface area contributed by atoms with E-state index in [1.807, 2.05) is 0 Å². The molecule has 4 rings (SSSR count). The number of aromatic nitrogens is 3. The van der Waals surface area contributed by atoms with Crippen LogP contribution < -0.4 is 33.0 Å². The molecule has 0 fully saturated rings. The number of carbonyl (C=O) groups is 6. The quantitative estimate of drug-likeness (QED) is 0.0212. The second-order valence-corrected chi connectivity index (χ2v) is 33.7. The largest absolute Gasteiger partial charge is 0.466 e. The zero-order valence-electron chi connectivity index (χ0n) is 69.5. The Bertz CT molecular complexity index is 3060. The Morgan fingerprint density at radius 3 is 0.649 bits per heavy atom. The number of amides is 3. The Balaban J connectivity index is 1.37. The van der Waals surface area contributed by atoms with Crippen LogP contribution in [0.2, 0.25) is 0 Å². The summed E-state index contributed by atoms with van der Waals surface area (Å²) in [5.41, 5.74) is -0.661. The predicted octanol–water partition coefficient (Wildman–Crippen LogP) is 25.4. The van der Waals surface area contributed by atoms with E-state index in [0.717, 1.165) is 107 Å². The number of ether oxygens (including phenoxy) is 3. The number of hydrogen-bond acceptors (Lipinski definition) is 15. The van der Waals surface area contributed by atoms with E-state index >= 15 is 14.4 Å². The maximum atomic E-state index is 15.1. The average molecular weight is 1600 g/mol. The maximum Gasteiger partial charge on any atom is 0.345 e. The van der Waals surface area contributed by atoms with Crippen LogP contribution in [0.1, 0.15) is 365 Å². The number of thioether (sulfide) groups is 3. The van der Waals surface area contributed by atoms with E-state index in [4.69, 9.17) is 14.2 Å². The Hall–Kier alpha value is -6.06. The third-order valence-corrected chi connectivity index (χ3v) is 23.0. The van der Waals surface area contributed by atoms with Crippen molar-refractivity contribution in [1.82, 2.24) is 13.7 Å². The second kappa shape index (κ2) is 63.3. The summed E-state index contributed by atoms with van der Waals surface area (Å²) in [6.45, 7) is 13.0. The Morgan fingerprint density at radius 1 is 0.279 bits per heavy atom. The summed E-state index contributed by atoms with van der Waals surface area (Å²) in [7, 11) is 0. The van der Waals surface area contributed by atoms with Gasteiger partial charge in [0, 0.05) is 34.3 Å². The van der Waals surface area contributed by atoms with Gasteiger partial charge >= 0.3 is 35.0 Å². The number of hydrogen-bond donors (Lipinski definition) is 3. The molecule has 0 saturated carbocycles. The van der Waals surface area contributed by atoms with Crippen LogP contribution in [0.5, 0.6) is 0 Å². The van der Waals surface area contributed by atoms with Crippen molar-refractivity contribution >= 4 is 86.0 Å². The number of nitrogens with one attached hydrogen (secondary N) is 3. The van der Waals surface area contributed by atoms with E-state index < -0.39 is 50.7 Å². The molecule has 3 aromatic carbocycles. The van der Waals surface area contributed by atoms with Gasteiger partial charge in [0.15, 0.2) is 0 Å². The van der Waals surface area contributed by atoms with Gasteiger partial charge in [0.2, 0.25) is 0 Å². The monoisotopic (exact) mass is 1600 g/mol. The summed E-state index contributed by atoms with van der Waals surface area (Å²) < 4.78 is 18.9. The summed E-state index contributed by atoms with van der Waals surface area (Å²) in [6.07, 6.45) is 60.1. The van der Waals surface area contributed by atoms with E-state index in [1.54, 1.807) is 39.0 Å². The standard InChI is InChI=1S/C90H144N6O12S3/c1-7-10-13-16-19-22-25-28-31-34-37-40-43-46-49-52-64-106-82(97)61-67-109-85(100)91-79-70-76(58-55-73(79)4)94-88(103)95(77-59-56-74(5)80(71-77)92-86(101)110-68-62-83(98)107-65-53-50-47-44-41-38-35-32-29-26-23-20-17-14-11-8-2)90(105)96(89(94)104)78-60-57-75(6)81(72-78)93-87(102)111-69-63-84(99)108-66-54-51-48-45-42-39-36-33-30-27-24-21-18-15-12-9-3/h55-60,70-72H,7-54,61-69H2,1-6H3,(H,91,100)(H,92,101)(H,93,102). The highest BCUT2D eigenvalue weighted by molar-refractivity contribution is 8.14. The number of aryl methyl sites for hydroxylation is 3. The van der Waals surface area contributed by atoms with Gasteiger partial charge in [0.1, 0.15) is 0 Å². The molecule has 0 saturated heterocycles. The zero-order chi connectivity index (χ0) is 80.2. The third-order valence-electron chi connectivity index (χ3n) is 20.7. The van der Waals surface area contributed by atoms with Crippen molar-refractivity contribution < 1.29 is 43.0 Å². The highest BCUT2D eigenvalue weighted by atomic mass is 32.2. The van der Waals surface area contributed by atoms with Crippen molar-refractivity contribution in [3.8, 4) is 17.1 Å². The van der Waals surface area contributed by atoms with E-state index in [9.17, 15) is 28.8 Å². The molecule has 18 nitrogen and oxygen atoms in total. The summed E-state index contributed by atoms with van der Waals surface area (Å²) >= 11 is 2.67. The molecule has 0 aliphatic rings. The molecule has 0 aliphatic heterocycles. The van der Waals surface area contributed by atoms with Gasteiger partial charge in [-0.05, 0) is 93.1 Å². The lowest BCUT2D eigenvalue weighted by Crippen LogP contribution is -2.52. The minimum atomic E-state index is -1.07. The van der Waals surface area contributed by atoms with Crippen LogP contribution in [-0.4, -0.2) is 84.4 Å². The summed E-state index contributed by atoms with van der Waals surface area (Å²) in [6, 6.07) is 13.8. The first-order valence-corrected chi connectivity index (χ1v) is 46.7. The predicted molar refractivity (Wildman–Crippen MR) is 467 cm³/mol. The smallest absolute Gasteiger partial charge is 0.345 e. The van der Waals surface area contributed by atoms with Gasteiger partial charge in [0.25, 0.3) is 15.7 Å². The fraction of sp³-hybridized carbons (Fsp3) is 0.700. The molecule has 0 atom stereocenters. The number of carbonyl (C=O) groups excluding carboxylic acids is 6. The average Bonchev–Trinajstić information content (AvgIpc) is 0.744. The molecule has 0 radical (unpaired) electrons. The molecule has 0 unspecified atom stereocenters. The molecule has 0 bridgehead atoms. The van der Waals surface area contributed by atoms with Gasteiger partial charge in [-0.2, -0.15) is 0 Å². The first-order chi connectivity index (χ1) is 54.1. The highest BCUT2D eigenvalue weighted by Crippen LogP contribution is 2.27. The molecule has 1 aromatic heterocycles. The molecule has 1 heterocycles. The molecule has 21 heteroatoms. The van der Waals surface area contributed by atoms with Crippen LogP contribution in [0.15, 0.2) is 69.0 Å². The van der Waals surface area contributed by atoms with E-state index in [2.05, 4.69) is 36.7 Å². The van der Waals surface area contributed by atoms with Crippen LogP contribution in [0.25, 0.3) is 17.1 Å². The molecule has 3 N–H and O–H groups in total. The van der Waals surface area contributed by atoms with Crippen LogP contribution in [-0.2, 0) is 28.6 Å². The van der Waals surface area contributed by atoms with Crippen LogP contribution in [0.4, 0.5) is 31.4 Å².